The maximum atomic E-state index is 13.6. The SMILES string of the molecule is COc1ccc(CC(=O)c2ncc(C)cc2C)cc1F. The number of hydrogen-bond donors (Lipinski definition) is 0. The van der Waals surface area contributed by atoms with E-state index in [1.54, 1.807) is 12.3 Å². The van der Waals surface area contributed by atoms with E-state index < -0.39 is 5.82 Å². The van der Waals surface area contributed by atoms with E-state index in [0.29, 0.717) is 11.3 Å². The zero-order chi connectivity index (χ0) is 14.7. The molecule has 1 aromatic carbocycles. The number of ketones is 1. The summed E-state index contributed by atoms with van der Waals surface area (Å²) in [5.41, 5.74) is 2.89. The van der Waals surface area contributed by atoms with Gasteiger partial charge in [-0.15, -0.1) is 0 Å². The van der Waals surface area contributed by atoms with Crippen LogP contribution in [0.15, 0.2) is 30.5 Å². The molecule has 0 atom stereocenters. The predicted molar refractivity (Wildman–Crippen MR) is 74.7 cm³/mol. The molecule has 2 rings (SSSR count). The number of nitrogens with zero attached hydrogens (tertiary/aromatic N) is 1. The molecule has 0 aliphatic heterocycles. The van der Waals surface area contributed by atoms with Gasteiger partial charge in [-0.25, -0.2) is 4.39 Å². The van der Waals surface area contributed by atoms with Crippen LogP contribution in [0, 0.1) is 19.7 Å². The van der Waals surface area contributed by atoms with Gasteiger partial charge in [0.25, 0.3) is 0 Å². The quantitative estimate of drug-likeness (QED) is 0.802. The van der Waals surface area contributed by atoms with Crippen LogP contribution in [0.3, 0.4) is 0 Å². The highest BCUT2D eigenvalue weighted by Gasteiger charge is 2.13. The third-order valence-electron chi connectivity index (χ3n) is 3.06. The van der Waals surface area contributed by atoms with E-state index in [1.807, 2.05) is 19.9 Å². The van der Waals surface area contributed by atoms with Crippen molar-refractivity contribution in [2.45, 2.75) is 20.3 Å². The lowest BCUT2D eigenvalue weighted by Crippen LogP contribution is -2.08. The second kappa shape index (κ2) is 5.82. The maximum absolute atomic E-state index is 13.6. The fourth-order valence-electron chi connectivity index (χ4n) is 2.10. The molecule has 0 aliphatic carbocycles. The monoisotopic (exact) mass is 273 g/mol. The number of ether oxygens (including phenoxy) is 1. The average molecular weight is 273 g/mol. The summed E-state index contributed by atoms with van der Waals surface area (Å²) in [6.07, 6.45) is 1.78. The van der Waals surface area contributed by atoms with Crippen molar-refractivity contribution in [3.63, 3.8) is 0 Å². The van der Waals surface area contributed by atoms with Crippen LogP contribution < -0.4 is 4.74 Å². The van der Waals surface area contributed by atoms with Gasteiger partial charge in [0.05, 0.1) is 7.11 Å². The Morgan fingerprint density at radius 2 is 2.05 bits per heavy atom. The van der Waals surface area contributed by atoms with Crippen LogP contribution in [0.4, 0.5) is 4.39 Å². The van der Waals surface area contributed by atoms with Crippen LogP contribution in [0.5, 0.6) is 5.75 Å². The first kappa shape index (κ1) is 14.2. The molecule has 0 fully saturated rings. The molecule has 2 aromatic rings. The van der Waals surface area contributed by atoms with Crippen molar-refractivity contribution in [1.29, 1.82) is 0 Å². The Hall–Kier alpha value is -2.23. The van der Waals surface area contributed by atoms with Crippen molar-refractivity contribution < 1.29 is 13.9 Å². The van der Waals surface area contributed by atoms with Crippen molar-refractivity contribution >= 4 is 5.78 Å². The smallest absolute Gasteiger partial charge is 0.185 e. The van der Waals surface area contributed by atoms with Gasteiger partial charge in [-0.1, -0.05) is 12.1 Å². The first-order valence-corrected chi connectivity index (χ1v) is 6.30. The number of aromatic nitrogens is 1. The number of halogens is 1. The number of carbonyl (C=O) groups is 1. The van der Waals surface area contributed by atoms with Crippen LogP contribution in [0.2, 0.25) is 0 Å². The summed E-state index contributed by atoms with van der Waals surface area (Å²) in [4.78, 5) is 16.4. The summed E-state index contributed by atoms with van der Waals surface area (Å²) < 4.78 is 18.4. The van der Waals surface area contributed by atoms with Gasteiger partial charge in [-0.3, -0.25) is 9.78 Å². The largest absolute Gasteiger partial charge is 0.494 e. The zero-order valence-corrected chi connectivity index (χ0v) is 11.7. The molecule has 0 spiro atoms. The Labute approximate surface area is 117 Å². The third kappa shape index (κ3) is 3.02. The van der Waals surface area contributed by atoms with Gasteiger partial charge >= 0.3 is 0 Å². The number of rotatable bonds is 4. The minimum Gasteiger partial charge on any atom is -0.494 e. The van der Waals surface area contributed by atoms with Crippen molar-refractivity contribution in [2.75, 3.05) is 7.11 Å². The Morgan fingerprint density at radius 1 is 1.30 bits per heavy atom. The summed E-state index contributed by atoms with van der Waals surface area (Å²) in [5.74, 6) is -0.413. The number of Topliss-reactive ketones (excluding diaryl/α,β-unsaturated/α-hetero) is 1. The van der Waals surface area contributed by atoms with Gasteiger partial charge in [0.2, 0.25) is 0 Å². The topological polar surface area (TPSA) is 39.2 Å². The fraction of sp³-hybridized carbons (Fsp3) is 0.250. The van der Waals surface area contributed by atoms with E-state index in [9.17, 15) is 9.18 Å². The summed E-state index contributed by atoms with van der Waals surface area (Å²) in [5, 5.41) is 0. The Bertz CT molecular complexity index is 653. The van der Waals surface area contributed by atoms with Gasteiger partial charge < -0.3 is 4.74 Å². The van der Waals surface area contributed by atoms with E-state index in [0.717, 1.165) is 11.1 Å². The molecule has 1 heterocycles. The van der Waals surface area contributed by atoms with Gasteiger partial charge in [-0.2, -0.15) is 0 Å². The molecule has 104 valence electrons. The van der Waals surface area contributed by atoms with E-state index in [-0.39, 0.29) is 18.0 Å². The predicted octanol–water partition coefficient (Wildman–Crippen LogP) is 3.27. The van der Waals surface area contributed by atoms with Crippen molar-refractivity contribution in [3.8, 4) is 5.75 Å². The Balaban J connectivity index is 2.21. The molecular weight excluding hydrogens is 257 g/mol. The molecule has 4 heteroatoms. The summed E-state index contributed by atoms with van der Waals surface area (Å²) in [6, 6.07) is 6.44. The maximum Gasteiger partial charge on any atom is 0.185 e. The summed E-state index contributed by atoms with van der Waals surface area (Å²) in [6.45, 7) is 3.77. The normalized spacial score (nSPS) is 10.4. The number of methoxy groups -OCH3 is 1. The highest BCUT2D eigenvalue weighted by atomic mass is 19.1. The second-order valence-electron chi connectivity index (χ2n) is 4.75. The molecule has 0 aliphatic rings. The van der Waals surface area contributed by atoms with Crippen LogP contribution in [0.1, 0.15) is 27.2 Å². The fourth-order valence-corrected chi connectivity index (χ4v) is 2.10. The van der Waals surface area contributed by atoms with Gasteiger partial charge in [0.1, 0.15) is 5.69 Å². The van der Waals surface area contributed by atoms with Crippen LogP contribution in [-0.4, -0.2) is 17.9 Å². The number of carbonyl (C=O) groups excluding carboxylic acids is 1. The molecule has 0 unspecified atom stereocenters. The average Bonchev–Trinajstić information content (AvgIpc) is 2.38. The molecule has 0 saturated heterocycles. The second-order valence-corrected chi connectivity index (χ2v) is 4.75. The van der Waals surface area contributed by atoms with Crippen LogP contribution in [-0.2, 0) is 6.42 Å². The lowest BCUT2D eigenvalue weighted by Gasteiger charge is -2.07. The van der Waals surface area contributed by atoms with E-state index in [4.69, 9.17) is 4.74 Å². The number of aryl methyl sites for hydroxylation is 2. The van der Waals surface area contributed by atoms with Gasteiger partial charge in [0.15, 0.2) is 17.3 Å². The molecule has 20 heavy (non-hydrogen) atoms. The zero-order valence-electron chi connectivity index (χ0n) is 11.7. The van der Waals surface area contributed by atoms with Crippen molar-refractivity contribution in [2.24, 2.45) is 0 Å². The lowest BCUT2D eigenvalue weighted by molar-refractivity contribution is 0.0987. The van der Waals surface area contributed by atoms with Crippen molar-refractivity contribution in [1.82, 2.24) is 4.98 Å². The molecular formula is C16H16FNO2. The highest BCUT2D eigenvalue weighted by Crippen LogP contribution is 2.19. The third-order valence-corrected chi connectivity index (χ3v) is 3.06. The molecule has 1 aromatic heterocycles. The first-order chi connectivity index (χ1) is 9.51. The van der Waals surface area contributed by atoms with Crippen LogP contribution in [0.25, 0.3) is 0 Å². The van der Waals surface area contributed by atoms with E-state index in [1.165, 1.54) is 19.2 Å². The summed E-state index contributed by atoms with van der Waals surface area (Å²) in [7, 11) is 1.41. The molecule has 3 nitrogen and oxygen atoms in total. The molecule has 0 radical (unpaired) electrons. The molecule has 0 amide bonds. The minimum absolute atomic E-state index is 0.118. The lowest BCUT2D eigenvalue weighted by atomic mass is 10.0. The first-order valence-electron chi connectivity index (χ1n) is 6.30. The Morgan fingerprint density at radius 3 is 2.65 bits per heavy atom. The van der Waals surface area contributed by atoms with Crippen molar-refractivity contribution in [3.05, 3.63) is 58.7 Å². The molecule has 0 bridgehead atoms. The minimum atomic E-state index is -0.466. The Kier molecular flexibility index (Phi) is 4.13. The molecule has 0 N–H and O–H groups in total. The standard InChI is InChI=1S/C16H16FNO2/c1-10-6-11(2)16(18-9-10)14(19)8-12-4-5-15(20-3)13(17)7-12/h4-7,9H,8H2,1-3H3. The number of pyridine rings is 1. The van der Waals surface area contributed by atoms with E-state index >= 15 is 0 Å². The highest BCUT2D eigenvalue weighted by molar-refractivity contribution is 5.97. The number of hydrogen-bond acceptors (Lipinski definition) is 3. The van der Waals surface area contributed by atoms with Gasteiger partial charge in [0, 0.05) is 12.6 Å². The summed E-state index contributed by atoms with van der Waals surface area (Å²) >= 11 is 0. The van der Waals surface area contributed by atoms with Gasteiger partial charge in [-0.05, 0) is 42.7 Å². The van der Waals surface area contributed by atoms with E-state index in [2.05, 4.69) is 4.98 Å². The number of benzene rings is 1. The van der Waals surface area contributed by atoms with Crippen LogP contribution >= 0.6 is 0 Å². The molecule has 0 saturated carbocycles.